The van der Waals surface area contributed by atoms with E-state index >= 15 is 8.78 Å². The normalized spacial score (nSPS) is 35.0. The van der Waals surface area contributed by atoms with Crippen LogP contribution in [-0.2, 0) is 18.3 Å². The van der Waals surface area contributed by atoms with E-state index in [9.17, 15) is 0 Å². The number of ether oxygens (including phenoxy) is 2. The third kappa shape index (κ3) is 8.31. The minimum atomic E-state index is -2.93. The van der Waals surface area contributed by atoms with Gasteiger partial charge in [-0.3, -0.25) is 0 Å². The molecular weight excluding hydrogens is 675 g/mol. The number of fused-ring (bicyclic) bond motifs is 5. The molecule has 4 nitrogen and oxygen atoms in total. The van der Waals surface area contributed by atoms with E-state index in [4.69, 9.17) is 18.3 Å². The molecular formula is C43H80F2O4Si2. The van der Waals surface area contributed by atoms with Gasteiger partial charge in [-0.15, -0.1) is 0 Å². The van der Waals surface area contributed by atoms with Gasteiger partial charge in [0.05, 0.1) is 11.9 Å². The highest BCUT2D eigenvalue weighted by atomic mass is 28.4. The summed E-state index contributed by atoms with van der Waals surface area (Å²) >= 11 is 0. The first-order chi connectivity index (χ1) is 23.0. The van der Waals surface area contributed by atoms with Crippen molar-refractivity contribution in [3.8, 4) is 0 Å². The SMILES string of the molecule is CCOC(C)OC(C)(C)C(F)(F)CC[C@@H](C)[C@H]1CC[C@H]2[C@@H]3CCC4CC(O[Si](C)(C)C(C)(C)C)=C[C@H](O[Si](C)(C)C(C)(C)C)[C@]4(C)[C@H]3CC[C@]12C. The van der Waals surface area contributed by atoms with Crippen LogP contribution in [0.4, 0.5) is 8.78 Å². The molecule has 10 atom stereocenters. The van der Waals surface area contributed by atoms with Crippen molar-refractivity contribution in [2.75, 3.05) is 6.61 Å². The van der Waals surface area contributed by atoms with Crippen molar-refractivity contribution in [1.29, 1.82) is 0 Å². The quantitative estimate of drug-likeness (QED) is 0.139. The monoisotopic (exact) mass is 755 g/mol. The average Bonchev–Trinajstić information content (AvgIpc) is 3.32. The number of halogens is 2. The van der Waals surface area contributed by atoms with E-state index in [1.54, 1.807) is 6.92 Å². The highest BCUT2D eigenvalue weighted by molar-refractivity contribution is 6.74. The van der Waals surface area contributed by atoms with Crippen LogP contribution < -0.4 is 0 Å². The molecule has 4 aliphatic carbocycles. The van der Waals surface area contributed by atoms with Crippen LogP contribution in [0.15, 0.2) is 11.8 Å². The molecule has 0 bridgehead atoms. The summed E-state index contributed by atoms with van der Waals surface area (Å²) in [6.45, 7) is 38.1. The van der Waals surface area contributed by atoms with Gasteiger partial charge >= 0.3 is 0 Å². The van der Waals surface area contributed by atoms with Gasteiger partial charge in [-0.1, -0.05) is 62.3 Å². The van der Waals surface area contributed by atoms with Gasteiger partial charge in [-0.2, -0.15) is 0 Å². The number of hydrogen-bond acceptors (Lipinski definition) is 4. The molecule has 51 heavy (non-hydrogen) atoms. The molecule has 0 aromatic heterocycles. The van der Waals surface area contributed by atoms with Crippen LogP contribution in [-0.4, -0.2) is 47.2 Å². The van der Waals surface area contributed by atoms with Crippen molar-refractivity contribution < 1.29 is 27.1 Å². The zero-order valence-electron chi connectivity index (χ0n) is 36.2. The summed E-state index contributed by atoms with van der Waals surface area (Å²) in [5.41, 5.74) is -1.32. The zero-order valence-corrected chi connectivity index (χ0v) is 38.2. The van der Waals surface area contributed by atoms with Crippen molar-refractivity contribution in [3.63, 3.8) is 0 Å². The smallest absolute Gasteiger partial charge is 0.276 e. The molecule has 0 aromatic rings. The minimum Gasteiger partial charge on any atom is -0.547 e. The lowest BCUT2D eigenvalue weighted by Crippen LogP contribution is -2.60. The molecule has 4 rings (SSSR count). The Morgan fingerprint density at radius 1 is 0.843 bits per heavy atom. The lowest BCUT2D eigenvalue weighted by molar-refractivity contribution is -0.264. The van der Waals surface area contributed by atoms with E-state index in [0.29, 0.717) is 42.6 Å². The Bertz CT molecular complexity index is 1240. The van der Waals surface area contributed by atoms with Gasteiger partial charge in [0, 0.05) is 24.9 Å². The first kappa shape index (κ1) is 43.4. The van der Waals surface area contributed by atoms with E-state index in [1.807, 2.05) is 6.92 Å². The third-order valence-corrected chi connectivity index (χ3v) is 25.0. The summed E-state index contributed by atoms with van der Waals surface area (Å²) in [5.74, 6) is 1.46. The van der Waals surface area contributed by atoms with Gasteiger partial charge in [-0.25, -0.2) is 8.78 Å². The predicted octanol–water partition coefficient (Wildman–Crippen LogP) is 13.4. The molecule has 298 valence electrons. The average molecular weight is 755 g/mol. The second-order valence-corrected chi connectivity index (χ2v) is 31.1. The molecule has 8 heteroatoms. The summed E-state index contributed by atoms with van der Waals surface area (Å²) in [5, 5.41) is 0.270. The van der Waals surface area contributed by atoms with E-state index in [1.165, 1.54) is 51.7 Å². The molecule has 0 heterocycles. The molecule has 0 aliphatic heterocycles. The van der Waals surface area contributed by atoms with Crippen molar-refractivity contribution in [3.05, 3.63) is 11.8 Å². The third-order valence-electron chi connectivity index (χ3n) is 16.2. The maximum absolute atomic E-state index is 15.7. The number of allylic oxidation sites excluding steroid dienone is 1. The maximum Gasteiger partial charge on any atom is 0.276 e. The molecule has 4 aliphatic rings. The number of rotatable bonds is 13. The largest absolute Gasteiger partial charge is 0.547 e. The Kier molecular flexibility index (Phi) is 12.5. The lowest BCUT2D eigenvalue weighted by Gasteiger charge is -2.63. The zero-order chi connectivity index (χ0) is 38.8. The van der Waals surface area contributed by atoms with Crippen LogP contribution in [0.2, 0.25) is 36.3 Å². The van der Waals surface area contributed by atoms with Gasteiger partial charge in [0.1, 0.15) is 5.60 Å². The second-order valence-electron chi connectivity index (χ2n) is 21.6. The van der Waals surface area contributed by atoms with Crippen molar-refractivity contribution in [2.45, 2.75) is 208 Å². The molecule has 0 N–H and O–H groups in total. The van der Waals surface area contributed by atoms with Crippen LogP contribution in [0.3, 0.4) is 0 Å². The lowest BCUT2D eigenvalue weighted by atomic mass is 9.44. The van der Waals surface area contributed by atoms with Crippen molar-refractivity contribution in [2.24, 2.45) is 46.3 Å². The fourth-order valence-corrected chi connectivity index (χ4v) is 13.2. The molecule has 0 saturated heterocycles. The van der Waals surface area contributed by atoms with Crippen LogP contribution >= 0.6 is 0 Å². The van der Waals surface area contributed by atoms with Crippen LogP contribution in [0.5, 0.6) is 0 Å². The summed E-state index contributed by atoms with van der Waals surface area (Å²) in [6, 6.07) is 0. The van der Waals surface area contributed by atoms with E-state index in [2.05, 4.69) is 94.6 Å². The molecule has 3 saturated carbocycles. The molecule has 0 amide bonds. The Hall–Kier alpha value is -0.286. The summed E-state index contributed by atoms with van der Waals surface area (Å²) < 4.78 is 57.2. The fourth-order valence-electron chi connectivity index (χ4n) is 10.8. The fraction of sp³-hybridized carbons (Fsp3) is 0.953. The van der Waals surface area contributed by atoms with Gasteiger partial charge in [0.2, 0.25) is 8.32 Å². The first-order valence-electron chi connectivity index (χ1n) is 20.8. The van der Waals surface area contributed by atoms with E-state index in [-0.39, 0.29) is 39.3 Å². The summed E-state index contributed by atoms with van der Waals surface area (Å²) in [6.07, 6.45) is 10.6. The topological polar surface area (TPSA) is 36.9 Å². The van der Waals surface area contributed by atoms with Gasteiger partial charge < -0.3 is 18.3 Å². The molecule has 3 fully saturated rings. The second kappa shape index (κ2) is 14.7. The van der Waals surface area contributed by atoms with Crippen LogP contribution in [0, 0.1) is 46.3 Å². The van der Waals surface area contributed by atoms with E-state index in [0.717, 1.165) is 12.8 Å². The maximum atomic E-state index is 15.7. The van der Waals surface area contributed by atoms with Crippen molar-refractivity contribution in [1.82, 2.24) is 0 Å². The Morgan fingerprint density at radius 3 is 2.02 bits per heavy atom. The van der Waals surface area contributed by atoms with Crippen LogP contribution in [0.1, 0.15) is 148 Å². The molecule has 0 spiro atoms. The Morgan fingerprint density at radius 2 is 1.45 bits per heavy atom. The first-order valence-corrected chi connectivity index (χ1v) is 26.6. The Balaban J connectivity index is 1.57. The highest BCUT2D eigenvalue weighted by Gasteiger charge is 2.63. The standard InChI is InChI=1S/C43H80F2O4Si2/c1-18-46-30(3)47-40(10,11)43(44,45)26-23-29(2)34-21-22-35-33-20-19-31-27-32(48-50(14,15)38(4,5)6)28-37(49-51(16,17)39(7,8)9)42(31,13)36(33)24-25-41(34,35)12/h28-31,33-37H,18-27H2,1-17H3/t29-,30?,31?,33+,34-,35+,36+,37+,41-,42+/m1/s1. The molecule has 2 unspecified atom stereocenters. The number of alkyl halides is 2. The van der Waals surface area contributed by atoms with Gasteiger partial charge in [-0.05, 0) is 156 Å². The van der Waals surface area contributed by atoms with Crippen molar-refractivity contribution >= 4 is 16.6 Å². The molecule has 0 radical (unpaired) electrons. The van der Waals surface area contributed by atoms with E-state index < -0.39 is 34.4 Å². The Labute approximate surface area is 315 Å². The molecule has 0 aromatic carbocycles. The summed E-state index contributed by atoms with van der Waals surface area (Å²) in [4.78, 5) is 0. The highest BCUT2D eigenvalue weighted by Crippen LogP contribution is 2.69. The number of hydrogen-bond donors (Lipinski definition) is 0. The van der Waals surface area contributed by atoms with Crippen LogP contribution in [0.25, 0.3) is 0 Å². The van der Waals surface area contributed by atoms with Gasteiger partial charge in [0.15, 0.2) is 14.6 Å². The summed E-state index contributed by atoms with van der Waals surface area (Å²) in [7, 11) is -4.07. The van der Waals surface area contributed by atoms with Gasteiger partial charge in [0.25, 0.3) is 5.92 Å². The predicted molar refractivity (Wildman–Crippen MR) is 214 cm³/mol. The minimum absolute atomic E-state index is 0.0587.